The Kier molecular flexibility index (Phi) is 7.56. The highest BCUT2D eigenvalue weighted by molar-refractivity contribution is 7.99. The molecule has 1 N–H and O–H groups in total. The van der Waals surface area contributed by atoms with Gasteiger partial charge in [0, 0.05) is 30.1 Å². The normalized spacial score (nSPS) is 24.2. The molecule has 0 bridgehead atoms. The van der Waals surface area contributed by atoms with Gasteiger partial charge in [0.25, 0.3) is 0 Å². The Hall–Kier alpha value is 0.270. The summed E-state index contributed by atoms with van der Waals surface area (Å²) in [5.74, 6) is 3.43. The highest BCUT2D eigenvalue weighted by atomic mass is 32.2. The number of likely N-dealkylation sites (N-methyl/N-ethyl adjacent to an activating group) is 1. The summed E-state index contributed by atoms with van der Waals surface area (Å²) in [6.45, 7) is 9.35. The number of hydrogen-bond donors (Lipinski definition) is 1. The summed E-state index contributed by atoms with van der Waals surface area (Å²) >= 11 is 2.13. The van der Waals surface area contributed by atoms with Crippen LogP contribution in [0.3, 0.4) is 0 Å². The predicted octanol–water partition coefficient (Wildman–Crippen LogP) is 2.84. The Labute approximate surface area is 112 Å². The van der Waals surface area contributed by atoms with Crippen LogP contribution in [0.15, 0.2) is 0 Å². The minimum Gasteiger partial charge on any atom is -0.312 e. The predicted molar refractivity (Wildman–Crippen MR) is 79.9 cm³/mol. The maximum Gasteiger partial charge on any atom is 0.0339 e. The molecule has 0 amide bonds. The van der Waals surface area contributed by atoms with Crippen LogP contribution in [0.2, 0.25) is 0 Å². The lowest BCUT2D eigenvalue weighted by Gasteiger charge is -2.41. The molecule has 0 aromatic heterocycles. The van der Waals surface area contributed by atoms with Crippen LogP contribution in [0.25, 0.3) is 0 Å². The Morgan fingerprint density at radius 3 is 2.53 bits per heavy atom. The second kappa shape index (κ2) is 8.39. The molecule has 0 saturated carbocycles. The second-order valence-corrected chi connectivity index (χ2v) is 6.33. The minimum atomic E-state index is 0.683. The topological polar surface area (TPSA) is 15.3 Å². The smallest absolute Gasteiger partial charge is 0.0339 e. The molecule has 17 heavy (non-hydrogen) atoms. The number of nitrogens with one attached hydrogen (secondary N) is 1. The third-order valence-corrected chi connectivity index (χ3v) is 5.09. The van der Waals surface area contributed by atoms with E-state index in [0.717, 1.165) is 18.5 Å². The van der Waals surface area contributed by atoms with E-state index in [-0.39, 0.29) is 0 Å². The zero-order chi connectivity index (χ0) is 12.7. The van der Waals surface area contributed by atoms with E-state index >= 15 is 0 Å². The molecule has 1 heterocycles. The van der Waals surface area contributed by atoms with Crippen molar-refractivity contribution >= 4 is 11.8 Å². The molecule has 0 aliphatic carbocycles. The van der Waals surface area contributed by atoms with Crippen molar-refractivity contribution in [2.75, 3.05) is 31.6 Å². The zero-order valence-corrected chi connectivity index (χ0v) is 12.9. The lowest BCUT2D eigenvalue weighted by molar-refractivity contribution is 0.168. The molecular formula is C14H30N2S. The number of thioether (sulfide) groups is 1. The lowest BCUT2D eigenvalue weighted by atomic mass is 9.88. The van der Waals surface area contributed by atoms with Crippen molar-refractivity contribution in [1.29, 1.82) is 0 Å². The average molecular weight is 258 g/mol. The van der Waals surface area contributed by atoms with Gasteiger partial charge in [-0.3, -0.25) is 0 Å². The molecule has 1 aliphatic heterocycles. The number of nitrogens with zero attached hydrogens (tertiary/aromatic N) is 1. The van der Waals surface area contributed by atoms with Gasteiger partial charge in [-0.15, -0.1) is 0 Å². The molecule has 1 fully saturated rings. The Bertz CT molecular complexity index is 195. The van der Waals surface area contributed by atoms with Crippen LogP contribution in [0.4, 0.5) is 0 Å². The first-order valence-corrected chi connectivity index (χ1v) is 8.41. The van der Waals surface area contributed by atoms with E-state index in [1.807, 2.05) is 0 Å². The van der Waals surface area contributed by atoms with Crippen molar-refractivity contribution in [2.45, 2.75) is 52.1 Å². The Morgan fingerprint density at radius 2 is 2.00 bits per heavy atom. The molecule has 0 spiro atoms. The summed E-state index contributed by atoms with van der Waals surface area (Å²) in [4.78, 5) is 2.57. The summed E-state index contributed by atoms with van der Waals surface area (Å²) in [7, 11) is 2.30. The molecule has 2 atom stereocenters. The van der Waals surface area contributed by atoms with Gasteiger partial charge in [0.1, 0.15) is 0 Å². The van der Waals surface area contributed by atoms with Gasteiger partial charge >= 0.3 is 0 Å². The number of hydrogen-bond acceptors (Lipinski definition) is 3. The molecule has 2 nitrogen and oxygen atoms in total. The fourth-order valence-corrected chi connectivity index (χ4v) is 4.09. The van der Waals surface area contributed by atoms with Gasteiger partial charge in [0.15, 0.2) is 0 Å². The van der Waals surface area contributed by atoms with E-state index in [4.69, 9.17) is 0 Å². The standard InChI is InChI=1S/C14H30N2S/c1-5-8-15-14(12(6-2)7-3)13-11-17-10-9-16(13)4/h12-15H,5-11H2,1-4H3. The molecule has 2 unspecified atom stereocenters. The molecule has 0 aromatic carbocycles. The Balaban J connectivity index is 2.65. The van der Waals surface area contributed by atoms with Gasteiger partial charge < -0.3 is 10.2 Å². The van der Waals surface area contributed by atoms with Crippen LogP contribution in [-0.2, 0) is 0 Å². The first kappa shape index (κ1) is 15.3. The van der Waals surface area contributed by atoms with Crippen molar-refractivity contribution in [3.8, 4) is 0 Å². The van der Waals surface area contributed by atoms with Crippen molar-refractivity contribution in [3.63, 3.8) is 0 Å². The van der Waals surface area contributed by atoms with Crippen molar-refractivity contribution in [1.82, 2.24) is 10.2 Å². The minimum absolute atomic E-state index is 0.683. The van der Waals surface area contributed by atoms with E-state index in [2.05, 4.69) is 49.8 Å². The Morgan fingerprint density at radius 1 is 1.29 bits per heavy atom. The SMILES string of the molecule is CCCNC(C(CC)CC)C1CSCCN1C. The quantitative estimate of drug-likeness (QED) is 0.756. The lowest BCUT2D eigenvalue weighted by Crippen LogP contribution is -2.55. The summed E-state index contributed by atoms with van der Waals surface area (Å²) in [5.41, 5.74) is 0. The maximum absolute atomic E-state index is 3.82. The van der Waals surface area contributed by atoms with Crippen LogP contribution in [0.1, 0.15) is 40.0 Å². The van der Waals surface area contributed by atoms with Crippen molar-refractivity contribution in [3.05, 3.63) is 0 Å². The maximum atomic E-state index is 3.82. The fraction of sp³-hybridized carbons (Fsp3) is 1.00. The molecule has 0 aromatic rings. The molecule has 1 rings (SSSR count). The van der Waals surface area contributed by atoms with Crippen LogP contribution in [-0.4, -0.2) is 48.6 Å². The van der Waals surface area contributed by atoms with Gasteiger partial charge in [0.05, 0.1) is 0 Å². The van der Waals surface area contributed by atoms with E-state index in [1.54, 1.807) is 0 Å². The molecule has 102 valence electrons. The third-order valence-electron chi connectivity index (χ3n) is 4.04. The summed E-state index contributed by atoms with van der Waals surface area (Å²) in [6, 6.07) is 1.41. The first-order chi connectivity index (χ1) is 8.24. The largest absolute Gasteiger partial charge is 0.312 e. The average Bonchev–Trinajstić information content (AvgIpc) is 2.36. The second-order valence-electron chi connectivity index (χ2n) is 5.18. The van der Waals surface area contributed by atoms with E-state index in [0.29, 0.717) is 6.04 Å². The van der Waals surface area contributed by atoms with Gasteiger partial charge in [0.2, 0.25) is 0 Å². The third kappa shape index (κ3) is 4.46. The van der Waals surface area contributed by atoms with Crippen LogP contribution < -0.4 is 5.32 Å². The van der Waals surface area contributed by atoms with Gasteiger partial charge in [-0.25, -0.2) is 0 Å². The molecule has 0 radical (unpaired) electrons. The highest BCUT2D eigenvalue weighted by Crippen LogP contribution is 2.24. The first-order valence-electron chi connectivity index (χ1n) is 7.25. The monoisotopic (exact) mass is 258 g/mol. The summed E-state index contributed by atoms with van der Waals surface area (Å²) in [5, 5.41) is 3.82. The summed E-state index contributed by atoms with van der Waals surface area (Å²) < 4.78 is 0. The number of rotatable bonds is 7. The van der Waals surface area contributed by atoms with Crippen LogP contribution in [0, 0.1) is 5.92 Å². The molecular weight excluding hydrogens is 228 g/mol. The van der Waals surface area contributed by atoms with E-state index in [9.17, 15) is 0 Å². The van der Waals surface area contributed by atoms with Gasteiger partial charge in [-0.1, -0.05) is 33.6 Å². The fourth-order valence-electron chi connectivity index (χ4n) is 2.81. The van der Waals surface area contributed by atoms with E-state index in [1.165, 1.54) is 37.3 Å². The molecule has 1 saturated heterocycles. The molecule has 3 heteroatoms. The zero-order valence-electron chi connectivity index (χ0n) is 12.0. The summed E-state index contributed by atoms with van der Waals surface area (Å²) in [6.07, 6.45) is 3.83. The van der Waals surface area contributed by atoms with Crippen LogP contribution >= 0.6 is 11.8 Å². The molecule has 1 aliphatic rings. The highest BCUT2D eigenvalue weighted by Gasteiger charge is 2.31. The van der Waals surface area contributed by atoms with Crippen LogP contribution in [0.5, 0.6) is 0 Å². The van der Waals surface area contributed by atoms with E-state index < -0.39 is 0 Å². The van der Waals surface area contributed by atoms with Crippen molar-refractivity contribution in [2.24, 2.45) is 5.92 Å². The van der Waals surface area contributed by atoms with Gasteiger partial charge in [-0.2, -0.15) is 11.8 Å². The van der Waals surface area contributed by atoms with Gasteiger partial charge in [-0.05, 0) is 25.9 Å². The van der Waals surface area contributed by atoms with Crippen molar-refractivity contribution < 1.29 is 0 Å².